The van der Waals surface area contributed by atoms with Gasteiger partial charge in [-0.25, -0.2) is 5.48 Å². The van der Waals surface area contributed by atoms with E-state index in [1.807, 2.05) is 41.5 Å². The molecule has 0 saturated heterocycles. The summed E-state index contributed by atoms with van der Waals surface area (Å²) >= 11 is 0. The van der Waals surface area contributed by atoms with Gasteiger partial charge >= 0.3 is 5.97 Å². The van der Waals surface area contributed by atoms with Gasteiger partial charge in [0, 0.05) is 29.2 Å². The van der Waals surface area contributed by atoms with Crippen molar-refractivity contribution in [3.8, 4) is 5.75 Å². The van der Waals surface area contributed by atoms with Crippen LogP contribution in [0.5, 0.6) is 5.75 Å². The summed E-state index contributed by atoms with van der Waals surface area (Å²) in [5.41, 5.74) is 5.02. The number of rotatable bonds is 4. The van der Waals surface area contributed by atoms with E-state index < -0.39 is 5.97 Å². The van der Waals surface area contributed by atoms with Gasteiger partial charge in [-0.15, -0.1) is 0 Å². The van der Waals surface area contributed by atoms with E-state index in [4.69, 9.17) is 4.84 Å². The Hall–Kier alpha value is -2.82. The number of phenolic OH excluding ortho intramolecular Hbond substituents is 1. The second-order valence-corrected chi connectivity index (χ2v) is 9.02. The van der Waals surface area contributed by atoms with Crippen molar-refractivity contribution in [2.45, 2.75) is 59.3 Å². The fraction of sp³-hybridized carbons (Fsp3) is 0.391. The highest BCUT2D eigenvalue weighted by molar-refractivity contribution is 6.09. The lowest BCUT2D eigenvalue weighted by atomic mass is 9.78. The molecule has 0 aliphatic carbocycles. The number of aromatic hydroxyl groups is 1. The second-order valence-electron chi connectivity index (χ2n) is 9.02. The van der Waals surface area contributed by atoms with Crippen molar-refractivity contribution in [2.24, 2.45) is 0 Å². The minimum Gasteiger partial charge on any atom is -0.507 e. The standard InChI is InChI=1S/C23H29NO4/c1-14(25)28-24-17-10-8-15(9-11-17)20(26)16-12-18(22(2,3)4)21(27)19(13-16)23(5,6)7/h8-13,24,27H,1-7H3. The molecule has 0 heterocycles. The summed E-state index contributed by atoms with van der Waals surface area (Å²) in [6.45, 7) is 13.4. The fourth-order valence-corrected chi connectivity index (χ4v) is 2.90. The average Bonchev–Trinajstić information content (AvgIpc) is 2.58. The molecule has 0 aliphatic heterocycles. The summed E-state index contributed by atoms with van der Waals surface area (Å²) in [5.74, 6) is -0.332. The van der Waals surface area contributed by atoms with Gasteiger partial charge < -0.3 is 9.94 Å². The van der Waals surface area contributed by atoms with E-state index >= 15 is 0 Å². The van der Waals surface area contributed by atoms with E-state index in [1.165, 1.54) is 6.92 Å². The molecule has 0 amide bonds. The first-order valence-corrected chi connectivity index (χ1v) is 9.27. The van der Waals surface area contributed by atoms with Gasteiger partial charge in [-0.3, -0.25) is 9.59 Å². The highest BCUT2D eigenvalue weighted by Gasteiger charge is 2.28. The maximum Gasteiger partial charge on any atom is 0.329 e. The number of ketones is 1. The van der Waals surface area contributed by atoms with Crippen LogP contribution in [0.2, 0.25) is 0 Å². The van der Waals surface area contributed by atoms with E-state index in [0.717, 1.165) is 11.1 Å². The summed E-state index contributed by atoms with van der Waals surface area (Å²) in [7, 11) is 0. The normalized spacial score (nSPS) is 11.8. The van der Waals surface area contributed by atoms with Gasteiger partial charge in [0.15, 0.2) is 5.78 Å². The lowest BCUT2D eigenvalue weighted by molar-refractivity contribution is -0.138. The molecule has 2 aromatic carbocycles. The first-order valence-electron chi connectivity index (χ1n) is 9.27. The average molecular weight is 383 g/mol. The molecule has 0 fully saturated rings. The summed E-state index contributed by atoms with van der Waals surface area (Å²) in [6.07, 6.45) is 0. The molecule has 2 aromatic rings. The van der Waals surface area contributed by atoms with Gasteiger partial charge in [0.1, 0.15) is 5.75 Å². The molecule has 0 radical (unpaired) electrons. The van der Waals surface area contributed by atoms with Crippen molar-refractivity contribution >= 4 is 17.4 Å². The minimum absolute atomic E-state index is 0.130. The Balaban J connectivity index is 2.46. The number of hydrogen-bond donors (Lipinski definition) is 2. The molecule has 2 N–H and O–H groups in total. The largest absolute Gasteiger partial charge is 0.507 e. The van der Waals surface area contributed by atoms with E-state index in [9.17, 15) is 14.7 Å². The third-order valence-corrected chi connectivity index (χ3v) is 4.45. The molecular formula is C23H29NO4. The molecule has 0 spiro atoms. The monoisotopic (exact) mass is 383 g/mol. The van der Waals surface area contributed by atoms with Crippen LogP contribution in [0, 0.1) is 0 Å². The Labute approximate surface area is 166 Å². The quantitative estimate of drug-likeness (QED) is 0.567. The van der Waals surface area contributed by atoms with E-state index in [2.05, 4.69) is 5.48 Å². The zero-order valence-corrected chi connectivity index (χ0v) is 17.6. The van der Waals surface area contributed by atoms with Crippen LogP contribution in [0.1, 0.15) is 75.5 Å². The SMILES string of the molecule is CC(=O)ONc1ccc(C(=O)c2cc(C(C)(C)C)c(O)c(C(C)(C)C)c2)cc1. The molecule has 5 nitrogen and oxygen atoms in total. The number of benzene rings is 2. The zero-order chi connectivity index (χ0) is 21.3. The Morgan fingerprint density at radius 1 is 0.857 bits per heavy atom. The Morgan fingerprint density at radius 2 is 1.32 bits per heavy atom. The Bertz CT molecular complexity index is 849. The van der Waals surface area contributed by atoms with Crippen LogP contribution in [0.15, 0.2) is 36.4 Å². The van der Waals surface area contributed by atoms with Crippen LogP contribution in [-0.2, 0) is 20.5 Å². The predicted molar refractivity (Wildman–Crippen MR) is 111 cm³/mol. The first kappa shape index (κ1) is 21.5. The molecule has 0 atom stereocenters. The number of nitrogens with one attached hydrogen (secondary N) is 1. The van der Waals surface area contributed by atoms with Crippen LogP contribution in [0.4, 0.5) is 5.69 Å². The van der Waals surface area contributed by atoms with Crippen molar-refractivity contribution in [2.75, 3.05) is 5.48 Å². The van der Waals surface area contributed by atoms with Crippen LogP contribution >= 0.6 is 0 Å². The number of anilines is 1. The van der Waals surface area contributed by atoms with Crippen molar-refractivity contribution in [1.29, 1.82) is 0 Å². The summed E-state index contributed by atoms with van der Waals surface area (Å²) in [5, 5.41) is 10.8. The molecule has 0 aliphatic rings. The van der Waals surface area contributed by atoms with Gasteiger partial charge in [-0.1, -0.05) is 41.5 Å². The summed E-state index contributed by atoms with van der Waals surface area (Å²) < 4.78 is 0. The Morgan fingerprint density at radius 3 is 1.71 bits per heavy atom. The highest BCUT2D eigenvalue weighted by atomic mass is 16.7. The van der Waals surface area contributed by atoms with Crippen molar-refractivity contribution in [3.63, 3.8) is 0 Å². The van der Waals surface area contributed by atoms with E-state index in [1.54, 1.807) is 36.4 Å². The minimum atomic E-state index is -0.450. The number of carbonyl (C=O) groups excluding carboxylic acids is 2. The molecular weight excluding hydrogens is 354 g/mol. The van der Waals surface area contributed by atoms with Crippen molar-refractivity contribution in [3.05, 3.63) is 58.7 Å². The lowest BCUT2D eigenvalue weighted by Crippen LogP contribution is -2.19. The summed E-state index contributed by atoms with van der Waals surface area (Å²) in [6, 6.07) is 10.2. The molecule has 28 heavy (non-hydrogen) atoms. The second kappa shape index (κ2) is 7.66. The van der Waals surface area contributed by atoms with Gasteiger partial charge in [0.2, 0.25) is 0 Å². The summed E-state index contributed by atoms with van der Waals surface area (Å²) in [4.78, 5) is 28.7. The van der Waals surface area contributed by atoms with Gasteiger partial charge in [0.05, 0.1) is 5.69 Å². The molecule has 150 valence electrons. The highest BCUT2D eigenvalue weighted by Crippen LogP contribution is 2.40. The van der Waals surface area contributed by atoms with E-state index in [-0.39, 0.29) is 22.4 Å². The predicted octanol–water partition coefficient (Wildman–Crippen LogP) is 5.11. The maximum absolute atomic E-state index is 13.1. The maximum atomic E-state index is 13.1. The van der Waals surface area contributed by atoms with Gasteiger partial charge in [-0.05, 0) is 47.2 Å². The molecule has 0 unspecified atom stereocenters. The molecule has 0 aromatic heterocycles. The zero-order valence-electron chi connectivity index (χ0n) is 17.6. The topological polar surface area (TPSA) is 75.6 Å². The van der Waals surface area contributed by atoms with E-state index in [0.29, 0.717) is 16.8 Å². The van der Waals surface area contributed by atoms with Crippen molar-refractivity contribution < 1.29 is 19.5 Å². The van der Waals surface area contributed by atoms with Gasteiger partial charge in [0.25, 0.3) is 0 Å². The molecule has 0 bridgehead atoms. The molecule has 5 heteroatoms. The molecule has 0 saturated carbocycles. The van der Waals surface area contributed by atoms with Crippen LogP contribution in [0.3, 0.4) is 0 Å². The Kier molecular flexibility index (Phi) is 5.88. The third kappa shape index (κ3) is 4.91. The van der Waals surface area contributed by atoms with Crippen LogP contribution < -0.4 is 5.48 Å². The van der Waals surface area contributed by atoms with Crippen LogP contribution in [-0.4, -0.2) is 16.9 Å². The lowest BCUT2D eigenvalue weighted by Gasteiger charge is -2.28. The first-order chi connectivity index (χ1) is 12.8. The third-order valence-electron chi connectivity index (χ3n) is 4.45. The molecule has 2 rings (SSSR count). The number of hydrogen-bond acceptors (Lipinski definition) is 5. The smallest absolute Gasteiger partial charge is 0.329 e. The number of phenols is 1. The van der Waals surface area contributed by atoms with Crippen LogP contribution in [0.25, 0.3) is 0 Å². The van der Waals surface area contributed by atoms with Crippen molar-refractivity contribution in [1.82, 2.24) is 0 Å². The van der Waals surface area contributed by atoms with Gasteiger partial charge in [-0.2, -0.15) is 0 Å². The number of carbonyl (C=O) groups is 2. The fourth-order valence-electron chi connectivity index (χ4n) is 2.90.